The molecular formula is C10H13N3O5. The standard InChI is InChI=1S/C10H13N3O5/c1-7-5-8(12(15)16)10(11-3-2-4-14)9(6-7)13(17)18/h5-6,11,14H,2-4H2,1H3. The number of aliphatic hydroxyl groups excluding tert-OH is 1. The maximum absolute atomic E-state index is 10.9. The van der Waals surface area contributed by atoms with Crippen molar-refractivity contribution in [3.05, 3.63) is 37.9 Å². The van der Waals surface area contributed by atoms with E-state index in [4.69, 9.17) is 5.11 Å². The Labute approximate surface area is 103 Å². The normalized spacial score (nSPS) is 10.1. The van der Waals surface area contributed by atoms with Crippen molar-refractivity contribution in [3.63, 3.8) is 0 Å². The Bertz CT molecular complexity index is 440. The summed E-state index contributed by atoms with van der Waals surface area (Å²) in [6, 6.07) is 2.54. The molecule has 0 fully saturated rings. The molecule has 8 nitrogen and oxygen atoms in total. The maximum Gasteiger partial charge on any atom is 0.299 e. The van der Waals surface area contributed by atoms with E-state index in [1.54, 1.807) is 6.92 Å². The molecule has 0 aliphatic heterocycles. The third kappa shape index (κ3) is 3.14. The molecule has 0 spiro atoms. The Morgan fingerprint density at radius 2 is 1.72 bits per heavy atom. The Morgan fingerprint density at radius 1 is 1.22 bits per heavy atom. The minimum atomic E-state index is -0.665. The fourth-order valence-electron chi connectivity index (χ4n) is 1.51. The lowest BCUT2D eigenvalue weighted by atomic mass is 10.1. The molecule has 0 atom stereocenters. The lowest BCUT2D eigenvalue weighted by molar-refractivity contribution is -0.392. The van der Waals surface area contributed by atoms with Crippen molar-refractivity contribution in [2.24, 2.45) is 0 Å². The van der Waals surface area contributed by atoms with E-state index in [2.05, 4.69) is 5.32 Å². The first-order valence-corrected chi connectivity index (χ1v) is 5.25. The van der Waals surface area contributed by atoms with Crippen LogP contribution < -0.4 is 5.32 Å². The molecule has 0 aliphatic rings. The molecule has 0 saturated carbocycles. The summed E-state index contributed by atoms with van der Waals surface area (Å²) in [7, 11) is 0. The van der Waals surface area contributed by atoms with E-state index < -0.39 is 9.85 Å². The van der Waals surface area contributed by atoms with E-state index in [0.29, 0.717) is 12.0 Å². The first-order chi connectivity index (χ1) is 8.47. The van der Waals surface area contributed by atoms with Gasteiger partial charge in [0, 0.05) is 25.3 Å². The highest BCUT2D eigenvalue weighted by Gasteiger charge is 2.25. The second-order valence-electron chi connectivity index (χ2n) is 3.70. The van der Waals surface area contributed by atoms with Gasteiger partial charge in [0.2, 0.25) is 0 Å². The average molecular weight is 255 g/mol. The predicted octanol–water partition coefficient (Wildman–Crippen LogP) is 1.61. The highest BCUT2D eigenvalue weighted by molar-refractivity contribution is 5.74. The number of nitrogens with one attached hydrogen (secondary N) is 1. The summed E-state index contributed by atoms with van der Waals surface area (Å²) >= 11 is 0. The summed E-state index contributed by atoms with van der Waals surface area (Å²) in [5, 5.41) is 33.0. The predicted molar refractivity (Wildman–Crippen MR) is 64.7 cm³/mol. The van der Waals surface area contributed by atoms with E-state index >= 15 is 0 Å². The van der Waals surface area contributed by atoms with Gasteiger partial charge in [-0.05, 0) is 18.9 Å². The number of rotatable bonds is 6. The van der Waals surface area contributed by atoms with Crippen LogP contribution in [-0.2, 0) is 0 Å². The van der Waals surface area contributed by atoms with Gasteiger partial charge in [0.05, 0.1) is 9.85 Å². The molecule has 18 heavy (non-hydrogen) atoms. The smallest absolute Gasteiger partial charge is 0.299 e. The molecule has 1 aromatic carbocycles. The number of nitro groups is 2. The van der Waals surface area contributed by atoms with Gasteiger partial charge >= 0.3 is 0 Å². The van der Waals surface area contributed by atoms with Crippen LogP contribution in [-0.4, -0.2) is 28.1 Å². The second-order valence-corrected chi connectivity index (χ2v) is 3.70. The minimum Gasteiger partial charge on any atom is -0.396 e. The van der Waals surface area contributed by atoms with Gasteiger partial charge in [0.1, 0.15) is 0 Å². The van der Waals surface area contributed by atoms with Gasteiger partial charge in [-0.1, -0.05) is 0 Å². The van der Waals surface area contributed by atoms with Crippen LogP contribution in [0, 0.1) is 27.2 Å². The first kappa shape index (κ1) is 13.8. The Hall–Kier alpha value is -2.22. The van der Waals surface area contributed by atoms with Gasteiger partial charge in [0.15, 0.2) is 5.69 Å². The molecule has 0 aromatic heterocycles. The third-order valence-electron chi connectivity index (χ3n) is 2.27. The minimum absolute atomic E-state index is 0.0968. The molecule has 0 radical (unpaired) electrons. The maximum atomic E-state index is 10.9. The lowest BCUT2D eigenvalue weighted by Gasteiger charge is -2.07. The summed E-state index contributed by atoms with van der Waals surface area (Å²) in [6.45, 7) is 1.68. The second kappa shape index (κ2) is 5.92. The van der Waals surface area contributed by atoms with Crippen molar-refractivity contribution in [2.45, 2.75) is 13.3 Å². The highest BCUT2D eigenvalue weighted by atomic mass is 16.6. The number of hydrogen-bond donors (Lipinski definition) is 2. The fraction of sp³-hybridized carbons (Fsp3) is 0.400. The molecule has 1 aromatic rings. The molecule has 98 valence electrons. The number of aliphatic hydroxyl groups is 1. The molecule has 0 heterocycles. The van der Waals surface area contributed by atoms with Crippen molar-refractivity contribution >= 4 is 17.1 Å². The van der Waals surface area contributed by atoms with Crippen LogP contribution in [0.2, 0.25) is 0 Å². The van der Waals surface area contributed by atoms with Gasteiger partial charge in [-0.3, -0.25) is 20.2 Å². The summed E-state index contributed by atoms with van der Waals surface area (Å²) in [5.41, 5.74) is -0.343. The van der Waals surface area contributed by atoms with Crippen LogP contribution in [0.15, 0.2) is 12.1 Å². The molecule has 1 rings (SSSR count). The van der Waals surface area contributed by atoms with Crippen molar-refractivity contribution in [2.75, 3.05) is 18.5 Å². The van der Waals surface area contributed by atoms with Gasteiger partial charge < -0.3 is 10.4 Å². The molecular weight excluding hydrogens is 242 g/mol. The van der Waals surface area contributed by atoms with Crippen molar-refractivity contribution in [3.8, 4) is 0 Å². The number of anilines is 1. The molecule has 0 bridgehead atoms. The lowest BCUT2D eigenvalue weighted by Crippen LogP contribution is -2.08. The average Bonchev–Trinajstić information content (AvgIpc) is 2.30. The number of nitrogens with zero attached hydrogens (tertiary/aromatic N) is 2. The Kier molecular flexibility index (Phi) is 4.55. The topological polar surface area (TPSA) is 119 Å². The zero-order valence-corrected chi connectivity index (χ0v) is 9.75. The SMILES string of the molecule is Cc1cc([N+](=O)[O-])c(NCCCO)c([N+](=O)[O-])c1. The van der Waals surface area contributed by atoms with Gasteiger partial charge in [0.25, 0.3) is 11.4 Å². The number of aryl methyl sites for hydroxylation is 1. The number of hydrogen-bond acceptors (Lipinski definition) is 6. The van der Waals surface area contributed by atoms with Crippen molar-refractivity contribution in [1.29, 1.82) is 0 Å². The molecule has 0 aliphatic carbocycles. The van der Waals surface area contributed by atoms with Crippen LogP contribution in [0.3, 0.4) is 0 Å². The molecule has 0 saturated heterocycles. The Balaban J connectivity index is 3.23. The zero-order chi connectivity index (χ0) is 13.7. The van der Waals surface area contributed by atoms with Gasteiger partial charge in [-0.2, -0.15) is 0 Å². The van der Waals surface area contributed by atoms with Gasteiger partial charge in [-0.25, -0.2) is 0 Å². The molecule has 2 N–H and O–H groups in total. The van der Waals surface area contributed by atoms with E-state index in [1.807, 2.05) is 0 Å². The zero-order valence-electron chi connectivity index (χ0n) is 9.75. The molecule has 0 unspecified atom stereocenters. The van der Waals surface area contributed by atoms with E-state index in [0.717, 1.165) is 0 Å². The van der Waals surface area contributed by atoms with E-state index in [9.17, 15) is 20.2 Å². The van der Waals surface area contributed by atoms with Crippen LogP contribution in [0.1, 0.15) is 12.0 Å². The number of nitro benzene ring substituents is 2. The van der Waals surface area contributed by atoms with E-state index in [1.165, 1.54) is 12.1 Å². The Morgan fingerprint density at radius 3 is 2.11 bits per heavy atom. The number of benzene rings is 1. The first-order valence-electron chi connectivity index (χ1n) is 5.25. The third-order valence-corrected chi connectivity index (χ3v) is 2.27. The van der Waals surface area contributed by atoms with Crippen LogP contribution in [0.4, 0.5) is 17.1 Å². The van der Waals surface area contributed by atoms with Crippen LogP contribution in [0.5, 0.6) is 0 Å². The largest absolute Gasteiger partial charge is 0.396 e. The quantitative estimate of drug-likeness (QED) is 0.452. The van der Waals surface area contributed by atoms with Crippen molar-refractivity contribution in [1.82, 2.24) is 0 Å². The summed E-state index contributed by atoms with van der Waals surface area (Å²) in [5.74, 6) is 0. The summed E-state index contributed by atoms with van der Waals surface area (Å²) in [4.78, 5) is 20.4. The summed E-state index contributed by atoms with van der Waals surface area (Å²) < 4.78 is 0. The van der Waals surface area contributed by atoms with Crippen molar-refractivity contribution < 1.29 is 15.0 Å². The molecule has 0 amide bonds. The molecule has 8 heteroatoms. The highest BCUT2D eigenvalue weighted by Crippen LogP contribution is 2.35. The van der Waals surface area contributed by atoms with Crippen LogP contribution in [0.25, 0.3) is 0 Å². The van der Waals surface area contributed by atoms with E-state index in [-0.39, 0.29) is 30.2 Å². The monoisotopic (exact) mass is 255 g/mol. The van der Waals surface area contributed by atoms with Crippen LogP contribution >= 0.6 is 0 Å². The fourth-order valence-corrected chi connectivity index (χ4v) is 1.51. The van der Waals surface area contributed by atoms with Gasteiger partial charge in [-0.15, -0.1) is 0 Å². The summed E-state index contributed by atoms with van der Waals surface area (Å²) in [6.07, 6.45) is 0.349.